The van der Waals surface area contributed by atoms with Crippen LogP contribution in [0.5, 0.6) is 11.5 Å². The van der Waals surface area contributed by atoms with Crippen LogP contribution in [0.4, 0.5) is 5.82 Å². The van der Waals surface area contributed by atoms with E-state index in [0.717, 1.165) is 18.7 Å². The van der Waals surface area contributed by atoms with Gasteiger partial charge in [-0.1, -0.05) is 25.5 Å². The molecule has 1 fully saturated rings. The quantitative estimate of drug-likeness (QED) is 0.778. The number of rotatable bonds is 7. The van der Waals surface area contributed by atoms with Gasteiger partial charge in [0, 0.05) is 11.6 Å². The fourth-order valence-electron chi connectivity index (χ4n) is 3.12. The van der Waals surface area contributed by atoms with Gasteiger partial charge in [0.15, 0.2) is 11.5 Å². The van der Waals surface area contributed by atoms with E-state index in [1.807, 2.05) is 10.7 Å². The lowest BCUT2D eigenvalue weighted by Gasteiger charge is -2.15. The van der Waals surface area contributed by atoms with E-state index in [9.17, 15) is 4.79 Å². The summed E-state index contributed by atoms with van der Waals surface area (Å²) in [4.78, 5) is 12.6. The summed E-state index contributed by atoms with van der Waals surface area (Å²) in [5.74, 6) is 1.62. The van der Waals surface area contributed by atoms with Crippen LogP contribution in [0.3, 0.4) is 0 Å². The molecule has 132 valence electrons. The molecule has 0 unspecified atom stereocenters. The van der Waals surface area contributed by atoms with E-state index >= 15 is 0 Å². The van der Waals surface area contributed by atoms with Crippen LogP contribution in [0.25, 0.3) is 0 Å². The van der Waals surface area contributed by atoms with Gasteiger partial charge >= 0.3 is 0 Å². The summed E-state index contributed by atoms with van der Waals surface area (Å²) >= 11 is 0. The van der Waals surface area contributed by atoms with Crippen LogP contribution in [0.15, 0.2) is 43.1 Å². The highest BCUT2D eigenvalue weighted by molar-refractivity contribution is 6.04. The van der Waals surface area contributed by atoms with Gasteiger partial charge < -0.3 is 14.8 Å². The van der Waals surface area contributed by atoms with Crippen molar-refractivity contribution in [2.75, 3.05) is 19.0 Å². The number of anilines is 1. The summed E-state index contributed by atoms with van der Waals surface area (Å²) in [6, 6.07) is 7.31. The third kappa shape index (κ3) is 3.84. The predicted molar refractivity (Wildman–Crippen MR) is 96.4 cm³/mol. The first-order valence-electron chi connectivity index (χ1n) is 8.49. The van der Waals surface area contributed by atoms with Crippen molar-refractivity contribution in [2.45, 2.75) is 31.7 Å². The zero-order valence-corrected chi connectivity index (χ0v) is 14.4. The molecule has 1 aliphatic carbocycles. The molecule has 0 radical (unpaired) electrons. The Kier molecular flexibility index (Phi) is 5.38. The highest BCUT2D eigenvalue weighted by atomic mass is 16.5. The minimum Gasteiger partial charge on any atom is -0.493 e. The fourth-order valence-corrected chi connectivity index (χ4v) is 3.12. The number of amides is 1. The van der Waals surface area contributed by atoms with Gasteiger partial charge in [-0.3, -0.25) is 4.79 Å². The standard InChI is InChI=1S/C19H23N3O3/c1-3-12-25-16-9-8-14(13-17(16)24-2)19(23)21-18-10-11-20-22(18)15-6-4-5-7-15/h3,8-11,13,15H,1,4-7,12H2,2H3,(H,21,23). The van der Waals surface area contributed by atoms with Gasteiger partial charge in [0.1, 0.15) is 12.4 Å². The van der Waals surface area contributed by atoms with Crippen molar-refractivity contribution in [1.29, 1.82) is 0 Å². The maximum absolute atomic E-state index is 12.6. The number of nitrogens with one attached hydrogen (secondary N) is 1. The molecule has 2 aromatic rings. The molecule has 25 heavy (non-hydrogen) atoms. The first-order chi connectivity index (χ1) is 12.2. The molecule has 1 heterocycles. The number of ether oxygens (including phenoxy) is 2. The summed E-state index contributed by atoms with van der Waals surface area (Å²) in [5, 5.41) is 7.32. The SMILES string of the molecule is C=CCOc1ccc(C(=O)Nc2ccnn2C2CCCC2)cc1OC. The van der Waals surface area contributed by atoms with Gasteiger partial charge in [-0.15, -0.1) is 0 Å². The minimum absolute atomic E-state index is 0.201. The zero-order valence-electron chi connectivity index (χ0n) is 14.4. The van der Waals surface area contributed by atoms with E-state index in [0.29, 0.717) is 29.7 Å². The molecule has 1 aliphatic rings. The van der Waals surface area contributed by atoms with Crippen LogP contribution in [0, 0.1) is 0 Å². The second-order valence-corrected chi connectivity index (χ2v) is 6.02. The summed E-state index contributed by atoms with van der Waals surface area (Å²) in [6.45, 7) is 4.00. The Morgan fingerprint density at radius 2 is 2.16 bits per heavy atom. The van der Waals surface area contributed by atoms with E-state index < -0.39 is 0 Å². The molecule has 1 N–H and O–H groups in total. The lowest BCUT2D eigenvalue weighted by Crippen LogP contribution is -2.17. The number of methoxy groups -OCH3 is 1. The highest BCUT2D eigenvalue weighted by Crippen LogP contribution is 2.32. The highest BCUT2D eigenvalue weighted by Gasteiger charge is 2.21. The number of hydrogen-bond donors (Lipinski definition) is 1. The Morgan fingerprint density at radius 3 is 2.88 bits per heavy atom. The summed E-state index contributed by atoms with van der Waals surface area (Å²) < 4.78 is 12.8. The summed E-state index contributed by atoms with van der Waals surface area (Å²) in [5.41, 5.74) is 0.502. The number of aromatic nitrogens is 2. The maximum atomic E-state index is 12.6. The van der Waals surface area contributed by atoms with Crippen molar-refractivity contribution in [3.05, 3.63) is 48.7 Å². The molecule has 0 saturated heterocycles. The molecule has 0 aliphatic heterocycles. The number of carbonyl (C=O) groups excluding carboxylic acids is 1. The van der Waals surface area contributed by atoms with E-state index in [2.05, 4.69) is 17.0 Å². The van der Waals surface area contributed by atoms with Crippen molar-refractivity contribution in [1.82, 2.24) is 9.78 Å². The van der Waals surface area contributed by atoms with Crippen LogP contribution in [0.1, 0.15) is 42.1 Å². The molecular weight excluding hydrogens is 318 g/mol. The van der Waals surface area contributed by atoms with Crippen LogP contribution < -0.4 is 14.8 Å². The minimum atomic E-state index is -0.201. The molecule has 6 nitrogen and oxygen atoms in total. The lowest BCUT2D eigenvalue weighted by atomic mass is 10.2. The molecule has 1 aromatic carbocycles. The molecule has 1 aromatic heterocycles. The first-order valence-corrected chi connectivity index (χ1v) is 8.49. The second kappa shape index (κ2) is 7.88. The normalized spacial score (nSPS) is 14.3. The van der Waals surface area contributed by atoms with Crippen molar-refractivity contribution in [2.24, 2.45) is 0 Å². The Morgan fingerprint density at radius 1 is 1.36 bits per heavy atom. The number of benzene rings is 1. The van der Waals surface area contributed by atoms with Gasteiger partial charge in [-0.05, 0) is 31.0 Å². The topological polar surface area (TPSA) is 65.4 Å². The molecule has 1 saturated carbocycles. The molecule has 0 atom stereocenters. The van der Waals surface area contributed by atoms with Gasteiger partial charge in [0.25, 0.3) is 5.91 Å². The Hall–Kier alpha value is -2.76. The lowest BCUT2D eigenvalue weighted by molar-refractivity contribution is 0.102. The van der Waals surface area contributed by atoms with Crippen LogP contribution >= 0.6 is 0 Å². The molecule has 1 amide bonds. The van der Waals surface area contributed by atoms with Crippen molar-refractivity contribution in [3.63, 3.8) is 0 Å². The largest absolute Gasteiger partial charge is 0.493 e. The van der Waals surface area contributed by atoms with Gasteiger partial charge in [-0.2, -0.15) is 5.10 Å². The Labute approximate surface area is 147 Å². The van der Waals surface area contributed by atoms with Crippen LogP contribution in [0.2, 0.25) is 0 Å². The number of hydrogen-bond acceptors (Lipinski definition) is 4. The smallest absolute Gasteiger partial charge is 0.256 e. The van der Waals surface area contributed by atoms with Crippen LogP contribution in [-0.2, 0) is 0 Å². The van der Waals surface area contributed by atoms with Crippen molar-refractivity contribution >= 4 is 11.7 Å². The fraction of sp³-hybridized carbons (Fsp3) is 0.368. The van der Waals surface area contributed by atoms with E-state index in [-0.39, 0.29) is 5.91 Å². The molecule has 0 spiro atoms. The zero-order chi connectivity index (χ0) is 17.6. The average molecular weight is 341 g/mol. The summed E-state index contributed by atoms with van der Waals surface area (Å²) in [7, 11) is 1.55. The van der Waals surface area contributed by atoms with Crippen molar-refractivity contribution < 1.29 is 14.3 Å². The van der Waals surface area contributed by atoms with E-state index in [4.69, 9.17) is 9.47 Å². The van der Waals surface area contributed by atoms with Gasteiger partial charge in [-0.25, -0.2) is 4.68 Å². The third-order valence-corrected chi connectivity index (χ3v) is 4.36. The van der Waals surface area contributed by atoms with E-state index in [1.165, 1.54) is 12.8 Å². The molecule has 3 rings (SSSR count). The van der Waals surface area contributed by atoms with Crippen molar-refractivity contribution in [3.8, 4) is 11.5 Å². The first kappa shape index (κ1) is 17.1. The number of nitrogens with zero attached hydrogens (tertiary/aromatic N) is 2. The van der Waals surface area contributed by atoms with E-state index in [1.54, 1.807) is 37.6 Å². The predicted octanol–water partition coefficient (Wildman–Crippen LogP) is 3.82. The number of carbonyl (C=O) groups is 1. The molecule has 6 heteroatoms. The van der Waals surface area contributed by atoms with Gasteiger partial charge in [0.2, 0.25) is 0 Å². The monoisotopic (exact) mass is 341 g/mol. The molecular formula is C19H23N3O3. The third-order valence-electron chi connectivity index (χ3n) is 4.36. The second-order valence-electron chi connectivity index (χ2n) is 6.02. The molecule has 0 bridgehead atoms. The van der Waals surface area contributed by atoms with Crippen LogP contribution in [-0.4, -0.2) is 29.4 Å². The van der Waals surface area contributed by atoms with Gasteiger partial charge in [0.05, 0.1) is 19.3 Å². The Bertz CT molecular complexity index is 748. The Balaban J connectivity index is 1.75. The summed E-state index contributed by atoms with van der Waals surface area (Å²) in [6.07, 6.45) is 8.01. The average Bonchev–Trinajstić information content (AvgIpc) is 3.31. The maximum Gasteiger partial charge on any atom is 0.256 e.